The fourth-order valence-corrected chi connectivity index (χ4v) is 8.07. The van der Waals surface area contributed by atoms with Crippen LogP contribution < -0.4 is 9.64 Å². The highest BCUT2D eigenvalue weighted by Gasteiger charge is 2.71. The summed E-state index contributed by atoms with van der Waals surface area (Å²) >= 11 is 0. The Balaban J connectivity index is 1.13. The number of anilines is 1. The summed E-state index contributed by atoms with van der Waals surface area (Å²) in [5.41, 5.74) is 5.32. The molecule has 3 aromatic rings. The smallest absolute Gasteiger partial charge is 0.312 e. The number of benzene rings is 2. The maximum absolute atomic E-state index is 16.0. The number of hydrogen-bond donors (Lipinski definition) is 1. The fraction of sp³-hybridized carbons (Fsp3) is 0.500. The lowest BCUT2D eigenvalue weighted by Crippen LogP contribution is -2.43. The number of rotatable bonds is 9. The molecule has 0 radical (unpaired) electrons. The molecule has 0 unspecified atom stereocenters. The number of aromatic nitrogens is 1. The number of carboxylic acids is 1. The Morgan fingerprint density at radius 2 is 1.93 bits per heavy atom. The first-order valence-electron chi connectivity index (χ1n) is 16.1. The fourth-order valence-electron chi connectivity index (χ4n) is 8.07. The van der Waals surface area contributed by atoms with Crippen molar-refractivity contribution in [2.24, 2.45) is 11.3 Å². The summed E-state index contributed by atoms with van der Waals surface area (Å²) in [4.78, 5) is 21.8. The highest BCUT2D eigenvalue weighted by molar-refractivity contribution is 5.82. The van der Waals surface area contributed by atoms with Gasteiger partial charge >= 0.3 is 5.97 Å². The Bertz CT molecular complexity index is 1610. The largest absolute Gasteiger partial charge is 0.488 e. The van der Waals surface area contributed by atoms with Gasteiger partial charge in [-0.3, -0.25) is 9.69 Å². The molecule has 1 aliphatic carbocycles. The Kier molecular flexibility index (Phi) is 8.04. The second kappa shape index (κ2) is 12.0. The van der Waals surface area contributed by atoms with E-state index in [1.54, 1.807) is 7.11 Å². The van der Waals surface area contributed by atoms with E-state index in [2.05, 4.69) is 16.7 Å². The van der Waals surface area contributed by atoms with Crippen molar-refractivity contribution >= 4 is 11.8 Å². The van der Waals surface area contributed by atoms with Gasteiger partial charge in [-0.1, -0.05) is 18.2 Å². The summed E-state index contributed by atoms with van der Waals surface area (Å²) < 4.78 is 33.4. The monoisotopic (exact) mass is 615 g/mol. The molecule has 238 valence electrons. The Morgan fingerprint density at radius 3 is 2.71 bits per heavy atom. The van der Waals surface area contributed by atoms with Crippen LogP contribution in [0.1, 0.15) is 47.1 Å². The van der Waals surface area contributed by atoms with Crippen LogP contribution in [0.4, 0.5) is 10.2 Å². The van der Waals surface area contributed by atoms with Crippen LogP contribution in [0.15, 0.2) is 42.5 Å². The molecule has 1 saturated carbocycles. The predicted molar refractivity (Wildman–Crippen MR) is 169 cm³/mol. The number of hydrogen-bond acceptors (Lipinski definition) is 7. The third-order valence-electron chi connectivity index (χ3n) is 10.6. The first kappa shape index (κ1) is 30.1. The van der Waals surface area contributed by atoms with Crippen molar-refractivity contribution in [2.45, 2.75) is 64.8 Å². The summed E-state index contributed by atoms with van der Waals surface area (Å²) in [6.45, 7) is 8.40. The van der Waals surface area contributed by atoms with Crippen molar-refractivity contribution < 1.29 is 28.5 Å². The van der Waals surface area contributed by atoms with Gasteiger partial charge in [0.05, 0.1) is 23.8 Å². The zero-order valence-corrected chi connectivity index (χ0v) is 26.4. The van der Waals surface area contributed by atoms with Gasteiger partial charge in [-0.05, 0) is 92.0 Å². The first-order valence-corrected chi connectivity index (χ1v) is 16.1. The van der Waals surface area contributed by atoms with Crippen LogP contribution in [0.25, 0.3) is 11.3 Å². The van der Waals surface area contributed by atoms with E-state index in [1.807, 2.05) is 49.4 Å². The Hall–Kier alpha value is -3.53. The molecule has 3 fully saturated rings. The van der Waals surface area contributed by atoms with E-state index in [4.69, 9.17) is 19.2 Å². The van der Waals surface area contributed by atoms with Gasteiger partial charge in [-0.25, -0.2) is 9.37 Å². The second-order valence-corrected chi connectivity index (χ2v) is 13.2. The van der Waals surface area contributed by atoms with Gasteiger partial charge in [-0.2, -0.15) is 0 Å². The van der Waals surface area contributed by atoms with Crippen LogP contribution in [-0.4, -0.2) is 73.1 Å². The van der Waals surface area contributed by atoms with Gasteiger partial charge in [0, 0.05) is 57.1 Å². The topological polar surface area (TPSA) is 84.4 Å². The minimum absolute atomic E-state index is 0.0957. The summed E-state index contributed by atoms with van der Waals surface area (Å²) in [5, 5.41) is 10.0. The third-order valence-corrected chi connectivity index (χ3v) is 10.6. The van der Waals surface area contributed by atoms with Crippen LogP contribution in [0.2, 0.25) is 0 Å². The lowest BCUT2D eigenvalue weighted by atomic mass is 9.90. The lowest BCUT2D eigenvalue weighted by Gasteiger charge is -2.38. The molecule has 7 rings (SSSR count). The minimum atomic E-state index is -0.772. The number of aliphatic carboxylic acids is 1. The number of carboxylic acid groups (broad SMARTS) is 1. The maximum Gasteiger partial charge on any atom is 0.312 e. The molecule has 2 aromatic carbocycles. The van der Waals surface area contributed by atoms with E-state index in [-0.39, 0.29) is 24.4 Å². The number of pyridine rings is 1. The molecule has 2 saturated heterocycles. The average Bonchev–Trinajstić information content (AvgIpc) is 3.71. The van der Waals surface area contributed by atoms with E-state index in [0.29, 0.717) is 43.3 Å². The normalized spacial score (nSPS) is 24.8. The van der Waals surface area contributed by atoms with Gasteiger partial charge in [0.2, 0.25) is 0 Å². The molecule has 3 atom stereocenters. The van der Waals surface area contributed by atoms with Gasteiger partial charge in [0.1, 0.15) is 24.0 Å². The number of halogens is 1. The molecule has 1 aromatic heterocycles. The average molecular weight is 616 g/mol. The number of fused-ring (bicyclic) bond motifs is 2. The zero-order chi connectivity index (χ0) is 31.3. The summed E-state index contributed by atoms with van der Waals surface area (Å²) in [6, 6.07) is 13.9. The summed E-state index contributed by atoms with van der Waals surface area (Å²) in [5.74, 6) is 0.576. The first-order chi connectivity index (χ1) is 21.8. The second-order valence-electron chi connectivity index (χ2n) is 13.2. The van der Waals surface area contributed by atoms with Crippen LogP contribution in [0.5, 0.6) is 5.75 Å². The van der Waals surface area contributed by atoms with Crippen LogP contribution in [0, 0.1) is 31.0 Å². The van der Waals surface area contributed by atoms with E-state index in [1.165, 1.54) is 0 Å². The molecule has 45 heavy (non-hydrogen) atoms. The van der Waals surface area contributed by atoms with Gasteiger partial charge < -0.3 is 24.2 Å². The zero-order valence-electron chi connectivity index (χ0n) is 26.4. The highest BCUT2D eigenvalue weighted by atomic mass is 19.1. The molecule has 8 nitrogen and oxygen atoms in total. The van der Waals surface area contributed by atoms with Crippen molar-refractivity contribution in [3.8, 4) is 17.0 Å². The SMILES string of the molecule is COC[C@H]1N(c2cccc(-c3cccc(C)c3OCc3cc(C)c4c(c3F)CCN(C3CCOCC3)C4)n2)C[C@@H]2C[C@@]21C(=O)O. The van der Waals surface area contributed by atoms with Crippen molar-refractivity contribution in [1.82, 2.24) is 9.88 Å². The third kappa shape index (κ3) is 5.28. The summed E-state index contributed by atoms with van der Waals surface area (Å²) in [6.07, 6.45) is 3.45. The van der Waals surface area contributed by atoms with E-state index < -0.39 is 11.4 Å². The van der Waals surface area contributed by atoms with Crippen molar-refractivity contribution in [2.75, 3.05) is 44.9 Å². The number of piperidine rings is 1. The maximum atomic E-state index is 16.0. The number of para-hydroxylation sites is 1. The highest BCUT2D eigenvalue weighted by Crippen LogP contribution is 2.62. The number of carbonyl (C=O) groups is 1. The Morgan fingerprint density at radius 1 is 1.13 bits per heavy atom. The minimum Gasteiger partial charge on any atom is -0.488 e. The van der Waals surface area contributed by atoms with Crippen LogP contribution in [0.3, 0.4) is 0 Å². The molecule has 1 N–H and O–H groups in total. The van der Waals surface area contributed by atoms with Gasteiger partial charge in [0.15, 0.2) is 0 Å². The molecule has 4 heterocycles. The van der Waals surface area contributed by atoms with E-state index in [9.17, 15) is 9.90 Å². The van der Waals surface area contributed by atoms with Crippen molar-refractivity contribution in [3.63, 3.8) is 0 Å². The molecular weight excluding hydrogens is 573 g/mol. The molecule has 3 aliphatic heterocycles. The lowest BCUT2D eigenvalue weighted by molar-refractivity contribution is -0.144. The summed E-state index contributed by atoms with van der Waals surface area (Å²) in [7, 11) is 1.61. The molecule has 4 aliphatic rings. The van der Waals surface area contributed by atoms with Gasteiger partial charge in [-0.15, -0.1) is 0 Å². The number of aryl methyl sites for hydroxylation is 2. The molecule has 0 bridgehead atoms. The van der Waals surface area contributed by atoms with Crippen molar-refractivity contribution in [1.29, 1.82) is 0 Å². The number of ether oxygens (including phenoxy) is 3. The predicted octanol–water partition coefficient (Wildman–Crippen LogP) is 5.55. The van der Waals surface area contributed by atoms with Crippen LogP contribution >= 0.6 is 0 Å². The Labute approximate surface area is 264 Å². The van der Waals surface area contributed by atoms with Crippen molar-refractivity contribution in [3.05, 3.63) is 76.1 Å². The van der Waals surface area contributed by atoms with Crippen LogP contribution in [-0.2, 0) is 33.8 Å². The molecule has 0 amide bonds. The standard InChI is InChI=1S/C36H42FN3O5/c1-22-6-4-7-28(30-8-5-9-32(38-30)40-18-25-17-36(25,35(41)42)31(40)21-43-3)34(22)45-20-24-16-23(2)29-19-39(13-10-27(29)33(24)37)26-11-14-44-15-12-26/h4-9,16,25-26,31H,10-15,17-21H2,1-3H3,(H,41,42)/t25-,31+,36+/m0/s1. The number of methoxy groups -OCH3 is 1. The molecule has 9 heteroatoms. The molecule has 0 spiro atoms. The quantitative estimate of drug-likeness (QED) is 0.336. The van der Waals surface area contributed by atoms with Gasteiger partial charge in [0.25, 0.3) is 0 Å². The molecular formula is C36H42FN3O5. The number of nitrogens with zero attached hydrogens (tertiary/aromatic N) is 3. The van der Waals surface area contributed by atoms with E-state index in [0.717, 1.165) is 78.5 Å². The van der Waals surface area contributed by atoms with E-state index >= 15 is 4.39 Å².